The lowest BCUT2D eigenvalue weighted by Gasteiger charge is -2.30. The van der Waals surface area contributed by atoms with Crippen molar-refractivity contribution in [3.05, 3.63) is 97.3 Å². The summed E-state index contributed by atoms with van der Waals surface area (Å²) >= 11 is 5.90. The van der Waals surface area contributed by atoms with E-state index in [1.807, 2.05) is 4.98 Å². The van der Waals surface area contributed by atoms with E-state index in [0.29, 0.717) is 5.02 Å². The van der Waals surface area contributed by atoms with Crippen LogP contribution in [-0.4, -0.2) is 50.1 Å². The zero-order valence-corrected chi connectivity index (χ0v) is 24.1. The molecule has 2 aliphatic rings. The number of halogens is 4. The van der Waals surface area contributed by atoms with Gasteiger partial charge in [0.2, 0.25) is 0 Å². The van der Waals surface area contributed by atoms with E-state index in [4.69, 9.17) is 30.1 Å². The summed E-state index contributed by atoms with van der Waals surface area (Å²) in [5, 5.41) is 24.4. The molecule has 1 fully saturated rings. The van der Waals surface area contributed by atoms with E-state index >= 15 is 0 Å². The number of H-pyrrole nitrogens is 1. The number of nitrogens with zero attached hydrogens (tertiary/aromatic N) is 1. The van der Waals surface area contributed by atoms with Crippen molar-refractivity contribution in [3.63, 3.8) is 0 Å². The molecule has 0 bridgehead atoms. The van der Waals surface area contributed by atoms with Gasteiger partial charge in [0, 0.05) is 22.8 Å². The van der Waals surface area contributed by atoms with Crippen LogP contribution in [0.1, 0.15) is 35.9 Å². The van der Waals surface area contributed by atoms with E-state index in [-0.39, 0.29) is 16.9 Å². The Balaban J connectivity index is 1.45. The number of rotatable bonds is 8. The number of fused-ring (bicyclic) bond motifs is 1. The van der Waals surface area contributed by atoms with Gasteiger partial charge in [-0.15, -0.1) is 0 Å². The number of ether oxygens (including phenoxy) is 2. The van der Waals surface area contributed by atoms with Crippen LogP contribution in [0, 0.1) is 0 Å². The fraction of sp³-hybridized carbons (Fsp3) is 0.346. The largest absolute Gasteiger partial charge is 0.459 e. The van der Waals surface area contributed by atoms with Crippen LogP contribution in [0.3, 0.4) is 0 Å². The van der Waals surface area contributed by atoms with Crippen molar-refractivity contribution >= 4 is 25.3 Å². The van der Waals surface area contributed by atoms with Gasteiger partial charge in [0.05, 0.1) is 12.2 Å². The van der Waals surface area contributed by atoms with E-state index in [9.17, 15) is 42.3 Å². The molecule has 4 N–H and O–H groups in total. The van der Waals surface area contributed by atoms with Crippen molar-refractivity contribution in [2.75, 3.05) is 6.61 Å². The van der Waals surface area contributed by atoms with Crippen LogP contribution in [0.15, 0.2) is 64.3 Å². The van der Waals surface area contributed by atoms with E-state index in [1.165, 1.54) is 30.3 Å². The lowest BCUT2D eigenvalue weighted by Crippen LogP contribution is -2.47. The third kappa shape index (κ3) is 6.33. The predicted octanol–water partition coefficient (Wildman–Crippen LogP) is 2.81. The summed E-state index contributed by atoms with van der Waals surface area (Å²) in [7, 11) is -4.77. The number of aromatic amines is 1. The Bertz CT molecular complexity index is 1730. The van der Waals surface area contributed by atoms with Gasteiger partial charge in [-0.3, -0.25) is 18.9 Å². The second-order valence-corrected chi connectivity index (χ2v) is 12.2. The highest BCUT2D eigenvalue weighted by atomic mass is 35.5. The Morgan fingerprint density at radius 3 is 2.55 bits per heavy atom. The van der Waals surface area contributed by atoms with Gasteiger partial charge in [0.1, 0.15) is 36.2 Å². The van der Waals surface area contributed by atoms with E-state index in [2.05, 4.69) is 5.09 Å². The minimum absolute atomic E-state index is 0.0868. The summed E-state index contributed by atoms with van der Waals surface area (Å²) in [5.41, 5.74) is -5.42. The maximum absolute atomic E-state index is 14.1. The first-order valence-corrected chi connectivity index (χ1v) is 14.7. The fourth-order valence-electron chi connectivity index (χ4n) is 4.82. The van der Waals surface area contributed by atoms with Crippen LogP contribution < -0.4 is 20.9 Å². The summed E-state index contributed by atoms with van der Waals surface area (Å²) in [6.07, 6.45) is -8.52. The Morgan fingerprint density at radius 2 is 1.89 bits per heavy atom. The molecule has 2 aromatic carbocycles. The van der Waals surface area contributed by atoms with Crippen LogP contribution in [0.2, 0.25) is 5.02 Å². The average molecular weight is 662 g/mol. The Labute approximate surface area is 250 Å². The standard InChI is InChI=1S/C26H24ClF3N3O10P/c1-25(38)21(35)18(42-23(25)33-10-9-19(34)31-24(33)37)12-41-44(39,43-14-7-5-13(27)6-8-14)32-20-15-3-2-4-17(26(28,29)30)16(15)11-40-22(20)36/h2-10,18,20-21,23,35,38H,11-12H2,1H3,(H,32,39)(H,31,34,37)/t18?,20?,21-,23?,25-,44?/m1/s1. The Kier molecular flexibility index (Phi) is 8.54. The summed E-state index contributed by atoms with van der Waals surface area (Å²) in [6, 6.07) is 7.73. The summed E-state index contributed by atoms with van der Waals surface area (Å²) in [5.74, 6) is -1.16. The number of alkyl halides is 3. The summed E-state index contributed by atoms with van der Waals surface area (Å²) < 4.78 is 77.7. The number of cyclic esters (lactones) is 1. The number of esters is 1. The van der Waals surface area contributed by atoms with Crippen molar-refractivity contribution in [2.45, 2.75) is 49.8 Å². The maximum Gasteiger partial charge on any atom is 0.459 e. The summed E-state index contributed by atoms with van der Waals surface area (Å²) in [4.78, 5) is 38.6. The van der Waals surface area contributed by atoms with Crippen LogP contribution >= 0.6 is 19.3 Å². The van der Waals surface area contributed by atoms with E-state index in [1.54, 1.807) is 0 Å². The first-order chi connectivity index (χ1) is 20.6. The number of aromatic nitrogens is 2. The molecule has 0 saturated carbocycles. The highest BCUT2D eigenvalue weighted by Crippen LogP contribution is 2.50. The van der Waals surface area contributed by atoms with Gasteiger partial charge in [-0.2, -0.15) is 18.3 Å². The van der Waals surface area contributed by atoms with Crippen molar-refractivity contribution in [3.8, 4) is 5.75 Å². The number of aliphatic hydroxyl groups excluding tert-OH is 1. The minimum atomic E-state index is -4.78. The van der Waals surface area contributed by atoms with E-state index in [0.717, 1.165) is 35.9 Å². The molecular weight excluding hydrogens is 638 g/mol. The number of hydrogen-bond donors (Lipinski definition) is 4. The molecule has 44 heavy (non-hydrogen) atoms. The molecule has 18 heteroatoms. The van der Waals surface area contributed by atoms with E-state index < -0.39 is 80.0 Å². The predicted molar refractivity (Wildman–Crippen MR) is 145 cm³/mol. The van der Waals surface area contributed by atoms with Gasteiger partial charge in [0.15, 0.2) is 6.23 Å². The molecule has 0 amide bonds. The van der Waals surface area contributed by atoms with Crippen molar-refractivity contribution in [2.24, 2.45) is 0 Å². The average Bonchev–Trinajstić information content (AvgIpc) is 3.17. The van der Waals surface area contributed by atoms with Crippen molar-refractivity contribution < 1.29 is 51.3 Å². The quantitative estimate of drug-likeness (QED) is 0.206. The van der Waals surface area contributed by atoms with Gasteiger partial charge < -0.3 is 24.2 Å². The zero-order valence-electron chi connectivity index (χ0n) is 22.5. The molecular formula is C26H24ClF3N3O10P. The lowest BCUT2D eigenvalue weighted by atomic mass is 9.94. The van der Waals surface area contributed by atoms with Crippen molar-refractivity contribution in [1.29, 1.82) is 0 Å². The fourth-order valence-corrected chi connectivity index (χ4v) is 6.43. The zero-order chi connectivity index (χ0) is 32.0. The smallest absolute Gasteiger partial charge is 0.459 e. The third-order valence-corrected chi connectivity index (χ3v) is 8.78. The van der Waals surface area contributed by atoms with Crippen LogP contribution in [0.25, 0.3) is 0 Å². The normalized spacial score (nSPS) is 26.5. The highest BCUT2D eigenvalue weighted by Gasteiger charge is 2.54. The second-order valence-electron chi connectivity index (χ2n) is 10.1. The molecule has 0 radical (unpaired) electrons. The first-order valence-electron chi connectivity index (χ1n) is 12.8. The number of nitrogens with one attached hydrogen (secondary N) is 2. The molecule has 3 heterocycles. The molecule has 6 atom stereocenters. The number of benzene rings is 2. The molecule has 236 valence electrons. The summed E-state index contributed by atoms with van der Waals surface area (Å²) in [6.45, 7) is -0.329. The van der Waals surface area contributed by atoms with Gasteiger partial charge >= 0.3 is 25.6 Å². The molecule has 5 rings (SSSR count). The second kappa shape index (κ2) is 11.8. The number of hydrogen-bond acceptors (Lipinski definition) is 10. The topological polar surface area (TPSA) is 178 Å². The molecule has 0 spiro atoms. The van der Waals surface area contributed by atoms with Gasteiger partial charge in [-0.1, -0.05) is 23.7 Å². The molecule has 2 aliphatic heterocycles. The minimum Gasteiger partial charge on any atom is -0.459 e. The molecule has 0 aliphatic carbocycles. The highest BCUT2D eigenvalue weighted by molar-refractivity contribution is 7.52. The number of aliphatic hydroxyl groups is 2. The van der Waals surface area contributed by atoms with Crippen molar-refractivity contribution in [1.82, 2.24) is 14.6 Å². The number of carbonyl (C=O) groups is 1. The lowest BCUT2D eigenvalue weighted by molar-refractivity contribution is -0.152. The third-order valence-electron chi connectivity index (χ3n) is 7.02. The first kappa shape index (κ1) is 31.9. The molecule has 1 saturated heterocycles. The monoisotopic (exact) mass is 661 g/mol. The number of carbonyl (C=O) groups excluding carboxylic acids is 1. The Hall–Kier alpha value is -3.50. The molecule has 3 aromatic rings. The molecule has 13 nitrogen and oxygen atoms in total. The molecule has 1 aromatic heterocycles. The van der Waals surface area contributed by atoms with Gasteiger partial charge in [-0.05, 0) is 42.8 Å². The maximum atomic E-state index is 14.1. The SMILES string of the molecule is C[C@]1(O)C(n2ccc(=O)[nH]c2=O)OC(COP(=O)(NC2C(=O)OCc3c2cccc3C(F)(F)F)Oc2ccc(Cl)cc2)[C@H]1O. The van der Waals surface area contributed by atoms with Gasteiger partial charge in [-0.25, -0.2) is 14.2 Å². The Morgan fingerprint density at radius 1 is 1.18 bits per heavy atom. The van der Waals surface area contributed by atoms with Gasteiger partial charge in [0.25, 0.3) is 5.56 Å². The molecule has 4 unspecified atom stereocenters. The van der Waals surface area contributed by atoms with Crippen LogP contribution in [0.4, 0.5) is 13.2 Å². The van der Waals surface area contributed by atoms with Crippen LogP contribution in [-0.2, 0) is 36.1 Å². The van der Waals surface area contributed by atoms with Crippen LogP contribution in [0.5, 0.6) is 5.75 Å².